The molecule has 0 aliphatic rings. The fourth-order valence-electron chi connectivity index (χ4n) is 1.33. The summed E-state index contributed by atoms with van der Waals surface area (Å²) in [6.45, 7) is 1.66. The molecule has 94 valence electrons. The zero-order valence-corrected chi connectivity index (χ0v) is 10.4. The van der Waals surface area contributed by atoms with Crippen molar-refractivity contribution < 1.29 is 9.18 Å². The maximum atomic E-state index is 13.7. The van der Waals surface area contributed by atoms with Crippen LogP contribution in [0.1, 0.15) is 6.92 Å². The number of halogens is 1. The van der Waals surface area contributed by atoms with Crippen molar-refractivity contribution in [3.63, 3.8) is 0 Å². The number of carbonyl (C=O) groups is 1. The van der Waals surface area contributed by atoms with Gasteiger partial charge in [0.25, 0.3) is 0 Å². The molecular formula is C11H11FN4OS. The van der Waals surface area contributed by atoms with Gasteiger partial charge >= 0.3 is 0 Å². The largest absolute Gasteiger partial charge is 0.369 e. The highest BCUT2D eigenvalue weighted by Gasteiger charge is 2.16. The Labute approximate surface area is 107 Å². The fraction of sp³-hybridized carbons (Fsp3) is 0.182. The molecule has 1 aromatic heterocycles. The fourth-order valence-corrected chi connectivity index (χ4v) is 2.12. The Morgan fingerprint density at radius 1 is 1.50 bits per heavy atom. The van der Waals surface area contributed by atoms with Crippen LogP contribution in [-0.4, -0.2) is 25.9 Å². The molecule has 2 N–H and O–H groups in total. The van der Waals surface area contributed by atoms with Gasteiger partial charge in [-0.2, -0.15) is 0 Å². The number of para-hydroxylation sites is 1. The second-order valence-electron chi connectivity index (χ2n) is 3.60. The van der Waals surface area contributed by atoms with Crippen LogP contribution in [0.15, 0.2) is 35.7 Å². The number of nitrogens with zero attached hydrogens (tertiary/aromatic N) is 3. The van der Waals surface area contributed by atoms with Crippen LogP contribution in [0.4, 0.5) is 4.39 Å². The van der Waals surface area contributed by atoms with E-state index in [1.165, 1.54) is 17.0 Å². The van der Waals surface area contributed by atoms with Gasteiger partial charge in [-0.3, -0.25) is 9.36 Å². The minimum Gasteiger partial charge on any atom is -0.369 e. The van der Waals surface area contributed by atoms with Gasteiger partial charge < -0.3 is 5.73 Å². The van der Waals surface area contributed by atoms with Crippen LogP contribution < -0.4 is 5.73 Å². The van der Waals surface area contributed by atoms with Gasteiger partial charge in [0.2, 0.25) is 5.91 Å². The summed E-state index contributed by atoms with van der Waals surface area (Å²) in [7, 11) is 0. The number of primary amides is 1. The SMILES string of the molecule is C[C@H](Sc1nncn1-c1ccccc1F)C(N)=O. The highest BCUT2D eigenvalue weighted by Crippen LogP contribution is 2.24. The van der Waals surface area contributed by atoms with E-state index < -0.39 is 11.2 Å². The molecule has 2 aromatic rings. The minimum absolute atomic E-state index is 0.335. The number of carbonyl (C=O) groups excluding carboxylic acids is 1. The minimum atomic E-state index is -0.459. The third-order valence-corrected chi connectivity index (χ3v) is 3.39. The molecule has 7 heteroatoms. The molecule has 2 rings (SSSR count). The predicted octanol–water partition coefficient (Wildman–Crippen LogP) is 1.37. The van der Waals surface area contributed by atoms with Gasteiger partial charge in [-0.25, -0.2) is 4.39 Å². The highest BCUT2D eigenvalue weighted by atomic mass is 32.2. The molecule has 0 spiro atoms. The van der Waals surface area contributed by atoms with Crippen molar-refractivity contribution in [2.45, 2.75) is 17.3 Å². The molecule has 0 aliphatic heterocycles. The van der Waals surface area contributed by atoms with Crippen molar-refractivity contribution in [1.82, 2.24) is 14.8 Å². The monoisotopic (exact) mass is 266 g/mol. The number of nitrogens with two attached hydrogens (primary N) is 1. The quantitative estimate of drug-likeness (QED) is 0.848. The molecule has 0 saturated heterocycles. The lowest BCUT2D eigenvalue weighted by atomic mass is 10.3. The van der Waals surface area contributed by atoms with Crippen LogP contribution in [-0.2, 0) is 4.79 Å². The van der Waals surface area contributed by atoms with Crippen molar-refractivity contribution in [3.05, 3.63) is 36.4 Å². The van der Waals surface area contributed by atoms with E-state index in [0.29, 0.717) is 10.8 Å². The van der Waals surface area contributed by atoms with Gasteiger partial charge in [0.1, 0.15) is 12.1 Å². The molecular weight excluding hydrogens is 255 g/mol. The third kappa shape index (κ3) is 2.51. The topological polar surface area (TPSA) is 73.8 Å². The molecule has 0 fully saturated rings. The first kappa shape index (κ1) is 12.6. The second-order valence-corrected chi connectivity index (χ2v) is 4.91. The Bertz CT molecular complexity index is 572. The van der Waals surface area contributed by atoms with Gasteiger partial charge in [-0.15, -0.1) is 10.2 Å². The molecule has 5 nitrogen and oxygen atoms in total. The first-order chi connectivity index (χ1) is 8.59. The van der Waals surface area contributed by atoms with E-state index in [4.69, 9.17) is 5.73 Å². The summed E-state index contributed by atoms with van der Waals surface area (Å²) < 4.78 is 15.1. The number of rotatable bonds is 4. The molecule has 0 saturated carbocycles. The summed E-state index contributed by atoms with van der Waals surface area (Å²) in [5.41, 5.74) is 5.51. The molecule has 0 aliphatic carbocycles. The Balaban J connectivity index is 2.34. The second kappa shape index (κ2) is 5.18. The normalized spacial score (nSPS) is 12.3. The Hall–Kier alpha value is -1.89. The van der Waals surface area contributed by atoms with Crippen molar-refractivity contribution in [2.75, 3.05) is 0 Å². The van der Waals surface area contributed by atoms with Crippen molar-refractivity contribution in [1.29, 1.82) is 0 Å². The summed E-state index contributed by atoms with van der Waals surface area (Å²) in [5.74, 6) is -0.839. The van der Waals surface area contributed by atoms with Gasteiger partial charge in [0, 0.05) is 0 Å². The lowest BCUT2D eigenvalue weighted by Crippen LogP contribution is -2.23. The van der Waals surface area contributed by atoms with Crippen LogP contribution in [0.3, 0.4) is 0 Å². The van der Waals surface area contributed by atoms with Crippen LogP contribution >= 0.6 is 11.8 Å². The molecule has 1 aromatic carbocycles. The highest BCUT2D eigenvalue weighted by molar-refractivity contribution is 8.00. The average Bonchev–Trinajstić information content (AvgIpc) is 2.77. The first-order valence-electron chi connectivity index (χ1n) is 5.20. The van der Waals surface area contributed by atoms with Crippen LogP contribution in [0.25, 0.3) is 5.69 Å². The summed E-state index contributed by atoms with van der Waals surface area (Å²) in [6, 6.07) is 6.27. The van der Waals surface area contributed by atoms with Crippen molar-refractivity contribution >= 4 is 17.7 Å². The Kier molecular flexibility index (Phi) is 3.61. The van der Waals surface area contributed by atoms with E-state index in [1.807, 2.05) is 0 Å². The predicted molar refractivity (Wildman–Crippen MR) is 65.8 cm³/mol. The summed E-state index contributed by atoms with van der Waals surface area (Å²) in [4.78, 5) is 11.0. The zero-order valence-electron chi connectivity index (χ0n) is 9.58. The van der Waals surface area contributed by atoms with Gasteiger partial charge in [0.05, 0.1) is 10.9 Å². The number of amides is 1. The lowest BCUT2D eigenvalue weighted by molar-refractivity contribution is -0.117. The smallest absolute Gasteiger partial charge is 0.230 e. The zero-order chi connectivity index (χ0) is 13.1. The molecule has 18 heavy (non-hydrogen) atoms. The molecule has 0 bridgehead atoms. The number of hydrogen-bond donors (Lipinski definition) is 1. The van der Waals surface area contributed by atoms with Crippen LogP contribution in [0.5, 0.6) is 0 Å². The Morgan fingerprint density at radius 3 is 2.89 bits per heavy atom. The molecule has 0 unspecified atom stereocenters. The van der Waals surface area contributed by atoms with Crippen molar-refractivity contribution in [2.24, 2.45) is 5.73 Å². The van der Waals surface area contributed by atoms with E-state index in [-0.39, 0.29) is 5.82 Å². The van der Waals surface area contributed by atoms with E-state index in [0.717, 1.165) is 11.8 Å². The molecule has 1 amide bonds. The molecule has 1 atom stereocenters. The first-order valence-corrected chi connectivity index (χ1v) is 6.08. The van der Waals surface area contributed by atoms with Gasteiger partial charge in [-0.1, -0.05) is 23.9 Å². The maximum absolute atomic E-state index is 13.7. The van der Waals surface area contributed by atoms with Gasteiger partial charge in [0.15, 0.2) is 5.16 Å². The summed E-state index contributed by atoms with van der Waals surface area (Å²) in [6.07, 6.45) is 1.40. The molecule has 1 heterocycles. The van der Waals surface area contributed by atoms with E-state index in [9.17, 15) is 9.18 Å². The number of aromatic nitrogens is 3. The standard InChI is InChI=1S/C11H11FN4OS/c1-7(10(13)17)18-11-15-14-6-16(11)9-5-3-2-4-8(9)12/h2-7H,1H3,(H2,13,17)/t7-/m0/s1. The Morgan fingerprint density at radius 2 is 2.22 bits per heavy atom. The summed E-state index contributed by atoms with van der Waals surface area (Å²) in [5, 5.41) is 7.55. The van der Waals surface area contributed by atoms with Crippen molar-refractivity contribution in [3.8, 4) is 5.69 Å². The third-order valence-electron chi connectivity index (χ3n) is 2.31. The number of benzene rings is 1. The van der Waals surface area contributed by atoms with Crippen LogP contribution in [0, 0.1) is 5.82 Å². The lowest BCUT2D eigenvalue weighted by Gasteiger charge is -2.09. The molecule has 0 radical (unpaired) electrons. The van der Waals surface area contributed by atoms with Gasteiger partial charge in [-0.05, 0) is 19.1 Å². The van der Waals surface area contributed by atoms with E-state index in [2.05, 4.69) is 10.2 Å². The summed E-state index contributed by atoms with van der Waals surface area (Å²) >= 11 is 1.14. The van der Waals surface area contributed by atoms with E-state index >= 15 is 0 Å². The number of thioether (sulfide) groups is 1. The van der Waals surface area contributed by atoms with E-state index in [1.54, 1.807) is 25.1 Å². The van der Waals surface area contributed by atoms with Crippen LogP contribution in [0.2, 0.25) is 0 Å². The maximum Gasteiger partial charge on any atom is 0.230 e. The average molecular weight is 266 g/mol. The number of hydrogen-bond acceptors (Lipinski definition) is 4.